The Labute approximate surface area is 127 Å². The quantitative estimate of drug-likeness (QED) is 0.693. The van der Waals surface area contributed by atoms with Gasteiger partial charge in [0.1, 0.15) is 0 Å². The predicted molar refractivity (Wildman–Crippen MR) is 82.6 cm³/mol. The van der Waals surface area contributed by atoms with Crippen molar-refractivity contribution in [1.29, 1.82) is 0 Å². The van der Waals surface area contributed by atoms with Crippen LogP contribution in [0.3, 0.4) is 0 Å². The summed E-state index contributed by atoms with van der Waals surface area (Å²) in [5.41, 5.74) is 1.34. The fourth-order valence-corrected chi connectivity index (χ4v) is 3.15. The van der Waals surface area contributed by atoms with Gasteiger partial charge in [-0.25, -0.2) is 17.5 Å². The second kappa shape index (κ2) is 9.04. The third kappa shape index (κ3) is 7.47. The van der Waals surface area contributed by atoms with Crippen molar-refractivity contribution >= 4 is 16.1 Å². The third-order valence-corrected chi connectivity index (χ3v) is 4.75. The molecule has 6 nitrogen and oxygen atoms in total. The monoisotopic (exact) mass is 318 g/mol. The number of nitrogens with one attached hydrogen (secondary N) is 1. The summed E-state index contributed by atoms with van der Waals surface area (Å²) in [6, 6.07) is 0. The molecule has 0 aromatic carbocycles. The van der Waals surface area contributed by atoms with Gasteiger partial charge in [-0.1, -0.05) is 11.6 Å². The average Bonchev–Trinajstić information content (AvgIpc) is 2.42. The summed E-state index contributed by atoms with van der Waals surface area (Å²) in [6.07, 6.45) is 8.26. The van der Waals surface area contributed by atoms with E-state index in [0.29, 0.717) is 13.2 Å². The normalized spacial score (nSPS) is 15.7. The fraction of sp³-hybridized carbons (Fsp3) is 0.786. The van der Waals surface area contributed by atoms with Crippen LogP contribution >= 0.6 is 0 Å². The van der Waals surface area contributed by atoms with E-state index in [-0.39, 0.29) is 13.1 Å². The van der Waals surface area contributed by atoms with Gasteiger partial charge in [-0.15, -0.1) is 0 Å². The summed E-state index contributed by atoms with van der Waals surface area (Å²) in [6.45, 7) is 3.01. The van der Waals surface area contributed by atoms with Crippen molar-refractivity contribution in [2.75, 3.05) is 32.5 Å². The molecule has 0 saturated heterocycles. The molecule has 0 fully saturated rings. The number of allylic oxidation sites excluding steroid dienone is 1. The summed E-state index contributed by atoms with van der Waals surface area (Å²) in [5.74, 6) is 0. The van der Waals surface area contributed by atoms with E-state index in [1.165, 1.54) is 29.0 Å². The van der Waals surface area contributed by atoms with E-state index in [9.17, 15) is 13.2 Å². The van der Waals surface area contributed by atoms with Gasteiger partial charge in [-0.2, -0.15) is 0 Å². The van der Waals surface area contributed by atoms with Crippen LogP contribution in [0.2, 0.25) is 0 Å². The first-order chi connectivity index (χ1) is 9.93. The molecule has 1 aliphatic carbocycles. The first kappa shape index (κ1) is 18.0. The van der Waals surface area contributed by atoms with E-state index in [2.05, 4.69) is 11.4 Å². The molecular weight excluding hydrogens is 292 g/mol. The molecule has 0 heterocycles. The highest BCUT2D eigenvalue weighted by molar-refractivity contribution is 7.88. The number of carbonyl (C=O) groups excluding carboxylic acids is 1. The van der Waals surface area contributed by atoms with E-state index in [0.717, 1.165) is 19.3 Å². The molecule has 0 aliphatic heterocycles. The first-order valence-electron chi connectivity index (χ1n) is 7.47. The maximum Gasteiger partial charge on any atom is 0.407 e. The maximum absolute atomic E-state index is 11.8. The first-order valence-corrected chi connectivity index (χ1v) is 9.32. The number of carbonyl (C=O) groups is 1. The van der Waals surface area contributed by atoms with E-state index < -0.39 is 16.1 Å². The van der Waals surface area contributed by atoms with Crippen LogP contribution in [-0.2, 0) is 14.8 Å². The van der Waals surface area contributed by atoms with E-state index in [1.807, 2.05) is 0 Å². The van der Waals surface area contributed by atoms with Crippen molar-refractivity contribution < 1.29 is 17.9 Å². The summed E-state index contributed by atoms with van der Waals surface area (Å²) < 4.78 is 29.7. The van der Waals surface area contributed by atoms with Gasteiger partial charge in [0.25, 0.3) is 0 Å². The lowest BCUT2D eigenvalue weighted by molar-refractivity contribution is 0.151. The molecule has 0 aromatic heterocycles. The number of ether oxygens (including phenoxy) is 1. The number of alkyl carbamates (subject to hydrolysis) is 1. The molecule has 0 saturated carbocycles. The number of hydrogen-bond donors (Lipinski definition) is 1. The Morgan fingerprint density at radius 1 is 1.38 bits per heavy atom. The third-order valence-electron chi connectivity index (χ3n) is 3.44. The van der Waals surface area contributed by atoms with Crippen LogP contribution < -0.4 is 5.32 Å². The molecule has 1 rings (SSSR count). The molecular formula is C14H26N2O4S. The summed E-state index contributed by atoms with van der Waals surface area (Å²) in [5, 5.41) is 2.54. The predicted octanol–water partition coefficient (Wildman–Crippen LogP) is 1.88. The number of amides is 1. The lowest BCUT2D eigenvalue weighted by Crippen LogP contribution is -2.38. The SMILES string of the molecule is CCOC(=O)NCCN(CCC1=CCCCC1)S(C)(=O)=O. The summed E-state index contributed by atoms with van der Waals surface area (Å²) >= 11 is 0. The zero-order valence-electron chi connectivity index (χ0n) is 12.9. The van der Waals surface area contributed by atoms with Gasteiger partial charge < -0.3 is 10.1 Å². The zero-order chi connectivity index (χ0) is 15.7. The smallest absolute Gasteiger partial charge is 0.407 e. The van der Waals surface area contributed by atoms with E-state index >= 15 is 0 Å². The minimum absolute atomic E-state index is 0.255. The van der Waals surface area contributed by atoms with Crippen molar-refractivity contribution in [3.8, 4) is 0 Å². The number of nitrogens with zero attached hydrogens (tertiary/aromatic N) is 1. The summed E-state index contributed by atoms with van der Waals surface area (Å²) in [7, 11) is -3.26. The highest BCUT2D eigenvalue weighted by Gasteiger charge is 2.17. The van der Waals surface area contributed by atoms with Crippen LogP contribution in [0.1, 0.15) is 39.0 Å². The standard InChI is InChI=1S/C14H26N2O4S/c1-3-20-14(17)15-10-12-16(21(2,18)19)11-9-13-7-5-4-6-8-13/h7H,3-6,8-12H2,1-2H3,(H,15,17). The highest BCUT2D eigenvalue weighted by Crippen LogP contribution is 2.20. The fourth-order valence-electron chi connectivity index (χ4n) is 2.31. The van der Waals surface area contributed by atoms with Gasteiger partial charge in [-0.05, 0) is 39.0 Å². The molecule has 0 aromatic rings. The molecule has 1 N–H and O–H groups in total. The Balaban J connectivity index is 2.41. The molecule has 0 unspecified atom stereocenters. The Kier molecular flexibility index (Phi) is 7.74. The Morgan fingerprint density at radius 2 is 2.14 bits per heavy atom. The molecule has 0 radical (unpaired) electrons. The number of hydrogen-bond acceptors (Lipinski definition) is 4. The van der Waals surface area contributed by atoms with Crippen molar-refractivity contribution in [2.24, 2.45) is 0 Å². The second-order valence-electron chi connectivity index (χ2n) is 5.17. The molecule has 21 heavy (non-hydrogen) atoms. The van der Waals surface area contributed by atoms with Gasteiger partial charge in [0.2, 0.25) is 10.0 Å². The van der Waals surface area contributed by atoms with Crippen LogP contribution in [0.25, 0.3) is 0 Å². The second-order valence-corrected chi connectivity index (χ2v) is 7.15. The maximum atomic E-state index is 11.8. The lowest BCUT2D eigenvalue weighted by atomic mass is 9.97. The van der Waals surface area contributed by atoms with Crippen molar-refractivity contribution in [1.82, 2.24) is 9.62 Å². The highest BCUT2D eigenvalue weighted by atomic mass is 32.2. The molecule has 7 heteroatoms. The minimum atomic E-state index is -3.26. The van der Waals surface area contributed by atoms with Crippen LogP contribution in [0.4, 0.5) is 4.79 Å². The molecule has 122 valence electrons. The lowest BCUT2D eigenvalue weighted by Gasteiger charge is -2.21. The Bertz CT molecular complexity index is 460. The van der Waals surface area contributed by atoms with E-state index in [4.69, 9.17) is 4.74 Å². The number of sulfonamides is 1. The van der Waals surface area contributed by atoms with Crippen LogP contribution in [0.5, 0.6) is 0 Å². The van der Waals surface area contributed by atoms with Crippen LogP contribution in [0, 0.1) is 0 Å². The molecule has 1 amide bonds. The van der Waals surface area contributed by atoms with Gasteiger partial charge in [0.15, 0.2) is 0 Å². The van der Waals surface area contributed by atoms with Crippen molar-refractivity contribution in [3.63, 3.8) is 0 Å². The molecule has 0 bridgehead atoms. The Morgan fingerprint density at radius 3 is 2.71 bits per heavy atom. The molecule has 1 aliphatic rings. The number of rotatable bonds is 8. The Hall–Kier alpha value is -1.08. The zero-order valence-corrected chi connectivity index (χ0v) is 13.7. The molecule has 0 spiro atoms. The van der Waals surface area contributed by atoms with Crippen LogP contribution in [0.15, 0.2) is 11.6 Å². The molecule has 0 atom stereocenters. The van der Waals surface area contributed by atoms with Gasteiger partial charge in [0.05, 0.1) is 12.9 Å². The largest absolute Gasteiger partial charge is 0.450 e. The topological polar surface area (TPSA) is 75.7 Å². The summed E-state index contributed by atoms with van der Waals surface area (Å²) in [4.78, 5) is 11.2. The average molecular weight is 318 g/mol. The van der Waals surface area contributed by atoms with Gasteiger partial charge in [0, 0.05) is 19.6 Å². The van der Waals surface area contributed by atoms with Crippen molar-refractivity contribution in [3.05, 3.63) is 11.6 Å². The van der Waals surface area contributed by atoms with Crippen molar-refractivity contribution in [2.45, 2.75) is 39.0 Å². The van der Waals surface area contributed by atoms with Crippen LogP contribution in [-0.4, -0.2) is 51.3 Å². The van der Waals surface area contributed by atoms with Gasteiger partial charge in [-0.3, -0.25) is 0 Å². The van der Waals surface area contributed by atoms with Gasteiger partial charge >= 0.3 is 6.09 Å². The minimum Gasteiger partial charge on any atom is -0.450 e. The van der Waals surface area contributed by atoms with E-state index in [1.54, 1.807) is 6.92 Å².